The maximum Gasteiger partial charge on any atom is 0.184 e. The molecule has 35 heavy (non-hydrogen) atoms. The van der Waals surface area contributed by atoms with E-state index in [1.807, 2.05) is 20.2 Å². The number of fused-ring (bicyclic) bond motifs is 1. The van der Waals surface area contributed by atoms with Crippen LogP contribution < -0.4 is 10.6 Å². The van der Waals surface area contributed by atoms with E-state index < -0.39 is 0 Å². The summed E-state index contributed by atoms with van der Waals surface area (Å²) in [6.45, 7) is 12.7. The minimum absolute atomic E-state index is 0.372. The quantitative estimate of drug-likeness (QED) is 0.146. The average molecular weight is 484 g/mol. The van der Waals surface area contributed by atoms with Gasteiger partial charge in [-0.3, -0.25) is 14.9 Å². The van der Waals surface area contributed by atoms with Crippen LogP contribution in [0.2, 0.25) is 0 Å². The van der Waals surface area contributed by atoms with E-state index in [1.54, 1.807) is 0 Å². The Labute approximate surface area is 211 Å². The molecule has 2 aromatic rings. The Kier molecular flexibility index (Phi) is 12.5. The number of carbonyl (C=O) groups excluding carboxylic acids is 1. The number of likely N-dealkylation sites (N-methyl/N-ethyl adjacent to an activating group) is 1. The number of rotatable bonds is 16. The average Bonchev–Trinajstić information content (AvgIpc) is 3.28. The van der Waals surface area contributed by atoms with Crippen molar-refractivity contribution < 1.29 is 4.79 Å². The van der Waals surface area contributed by atoms with Crippen LogP contribution in [0.1, 0.15) is 58.2 Å². The normalized spacial score (nSPS) is 13.5. The van der Waals surface area contributed by atoms with Crippen molar-refractivity contribution in [3.05, 3.63) is 41.4 Å². The summed E-state index contributed by atoms with van der Waals surface area (Å²) >= 11 is 0. The number of aromatic amines is 1. The molecule has 8 nitrogen and oxygen atoms in total. The standard InChI is InChI=1S/C27H45N7O/c1-7-9-15-33(5)21(3)12-13-29-27(20-35)30-18-22(4)34(6)16-14-28-19-26-24-17-23(8-2)10-11-25(24)31-32-26/h10-11,17-18,20-21,28H,7-9,12-16,19H2,1-6H3,(H,29,30)(H,31,32)/b22-18-. The Morgan fingerprint density at radius 2 is 2.06 bits per heavy atom. The van der Waals surface area contributed by atoms with Gasteiger partial charge in [0.25, 0.3) is 0 Å². The van der Waals surface area contributed by atoms with Gasteiger partial charge in [0.05, 0.1) is 11.2 Å². The molecular formula is C27H45N7O. The lowest BCUT2D eigenvalue weighted by atomic mass is 10.1. The van der Waals surface area contributed by atoms with Crippen LogP contribution in [0.3, 0.4) is 0 Å². The van der Waals surface area contributed by atoms with E-state index >= 15 is 0 Å². The van der Waals surface area contributed by atoms with Gasteiger partial charge < -0.3 is 20.4 Å². The van der Waals surface area contributed by atoms with Crippen LogP contribution in [0.25, 0.3) is 10.9 Å². The number of amidine groups is 1. The second kappa shape index (κ2) is 15.3. The van der Waals surface area contributed by atoms with Crippen LogP contribution >= 0.6 is 0 Å². The molecule has 0 spiro atoms. The van der Waals surface area contributed by atoms with Crippen LogP contribution in [0.4, 0.5) is 0 Å². The molecule has 1 aromatic heterocycles. The van der Waals surface area contributed by atoms with Crippen LogP contribution in [-0.2, 0) is 17.8 Å². The number of hydrogen-bond acceptors (Lipinski definition) is 6. The monoisotopic (exact) mass is 483 g/mol. The van der Waals surface area contributed by atoms with Crippen molar-refractivity contribution in [3.63, 3.8) is 0 Å². The fourth-order valence-electron chi connectivity index (χ4n) is 3.73. The minimum atomic E-state index is 0.372. The molecule has 1 heterocycles. The topological polar surface area (TPSA) is 88.7 Å². The van der Waals surface area contributed by atoms with Crippen molar-refractivity contribution in [2.45, 2.75) is 66.0 Å². The number of unbranched alkanes of at least 4 members (excludes halogenated alkanes) is 1. The zero-order chi connectivity index (χ0) is 25.6. The number of nitrogens with one attached hydrogen (secondary N) is 3. The molecule has 0 saturated heterocycles. The molecule has 3 N–H and O–H groups in total. The number of aryl methyl sites for hydroxylation is 1. The summed E-state index contributed by atoms with van der Waals surface area (Å²) < 4.78 is 0. The van der Waals surface area contributed by atoms with Gasteiger partial charge in [-0.15, -0.1) is 0 Å². The summed E-state index contributed by atoms with van der Waals surface area (Å²) in [6.07, 6.45) is 6.99. The first-order valence-corrected chi connectivity index (χ1v) is 12.9. The molecule has 0 aliphatic heterocycles. The molecule has 1 aromatic carbocycles. The number of hydrogen-bond donors (Lipinski definition) is 3. The van der Waals surface area contributed by atoms with Crippen LogP contribution in [0.15, 0.2) is 35.1 Å². The van der Waals surface area contributed by atoms with E-state index in [2.05, 4.69) is 81.6 Å². The third kappa shape index (κ3) is 9.45. The zero-order valence-electron chi connectivity index (χ0n) is 22.5. The summed E-state index contributed by atoms with van der Waals surface area (Å²) in [5, 5.41) is 15.3. The SMILES string of the molecule is CCCCN(C)C(C)CCN=C(C=O)N/C=C(/C)N(C)CCNCc1[nH]nc2ccc(CC)cc12. The predicted molar refractivity (Wildman–Crippen MR) is 147 cm³/mol. The highest BCUT2D eigenvalue weighted by atomic mass is 16.1. The molecule has 0 amide bonds. The Morgan fingerprint density at radius 3 is 2.77 bits per heavy atom. The first-order valence-electron chi connectivity index (χ1n) is 12.9. The van der Waals surface area contributed by atoms with E-state index in [9.17, 15) is 4.79 Å². The second-order valence-corrected chi connectivity index (χ2v) is 9.29. The first kappa shape index (κ1) is 28.5. The number of aldehydes is 1. The molecule has 1 atom stereocenters. The van der Waals surface area contributed by atoms with Gasteiger partial charge in [-0.05, 0) is 64.4 Å². The smallest absolute Gasteiger partial charge is 0.184 e. The van der Waals surface area contributed by atoms with Crippen molar-refractivity contribution in [2.75, 3.05) is 40.3 Å². The zero-order valence-corrected chi connectivity index (χ0v) is 22.5. The summed E-state index contributed by atoms with van der Waals surface area (Å²) in [5.74, 6) is 0.372. The van der Waals surface area contributed by atoms with E-state index in [0.717, 1.165) is 62.2 Å². The predicted octanol–water partition coefficient (Wildman–Crippen LogP) is 3.71. The van der Waals surface area contributed by atoms with Gasteiger partial charge in [0.2, 0.25) is 0 Å². The van der Waals surface area contributed by atoms with Crippen LogP contribution in [0.5, 0.6) is 0 Å². The maximum absolute atomic E-state index is 11.4. The van der Waals surface area contributed by atoms with Gasteiger partial charge in [-0.2, -0.15) is 5.10 Å². The number of aliphatic imine (C=N–C) groups is 1. The van der Waals surface area contributed by atoms with Gasteiger partial charge in [-0.25, -0.2) is 0 Å². The summed E-state index contributed by atoms with van der Waals surface area (Å²) in [7, 11) is 4.19. The summed E-state index contributed by atoms with van der Waals surface area (Å²) in [5.41, 5.74) is 4.48. The van der Waals surface area contributed by atoms with Gasteiger partial charge in [0.15, 0.2) is 12.1 Å². The highest BCUT2D eigenvalue weighted by molar-refractivity contribution is 6.27. The van der Waals surface area contributed by atoms with E-state index in [4.69, 9.17) is 0 Å². The van der Waals surface area contributed by atoms with Gasteiger partial charge >= 0.3 is 0 Å². The van der Waals surface area contributed by atoms with E-state index in [1.165, 1.54) is 23.8 Å². The lowest BCUT2D eigenvalue weighted by Gasteiger charge is -2.23. The number of H-pyrrole nitrogens is 1. The van der Waals surface area contributed by atoms with Crippen molar-refractivity contribution in [3.8, 4) is 0 Å². The highest BCUT2D eigenvalue weighted by Crippen LogP contribution is 2.18. The molecule has 2 rings (SSSR count). The van der Waals surface area contributed by atoms with Crippen LogP contribution in [-0.4, -0.2) is 78.4 Å². The van der Waals surface area contributed by atoms with Crippen molar-refractivity contribution in [1.82, 2.24) is 30.6 Å². The summed E-state index contributed by atoms with van der Waals surface area (Å²) in [6, 6.07) is 6.88. The highest BCUT2D eigenvalue weighted by Gasteiger charge is 2.08. The number of aromatic nitrogens is 2. The summed E-state index contributed by atoms with van der Waals surface area (Å²) in [4.78, 5) is 20.4. The van der Waals surface area contributed by atoms with E-state index in [-0.39, 0.29) is 0 Å². The number of carbonyl (C=O) groups is 1. The Morgan fingerprint density at radius 1 is 1.26 bits per heavy atom. The van der Waals surface area contributed by atoms with Gasteiger partial charge in [0.1, 0.15) is 0 Å². The lowest BCUT2D eigenvalue weighted by Crippen LogP contribution is -2.31. The number of allylic oxidation sites excluding steroid dienone is 1. The Bertz CT molecular complexity index is 966. The molecule has 0 radical (unpaired) electrons. The molecular weight excluding hydrogens is 438 g/mol. The molecule has 8 heteroatoms. The molecule has 0 fully saturated rings. The second-order valence-electron chi connectivity index (χ2n) is 9.29. The minimum Gasteiger partial charge on any atom is -0.376 e. The van der Waals surface area contributed by atoms with Crippen molar-refractivity contribution in [1.29, 1.82) is 0 Å². The van der Waals surface area contributed by atoms with Crippen molar-refractivity contribution >= 4 is 23.0 Å². The number of nitrogens with zero attached hydrogens (tertiary/aromatic N) is 4. The molecule has 0 saturated carbocycles. The van der Waals surface area contributed by atoms with Crippen molar-refractivity contribution in [2.24, 2.45) is 4.99 Å². The van der Waals surface area contributed by atoms with Gasteiger partial charge in [0, 0.05) is 56.6 Å². The Balaban J connectivity index is 1.75. The van der Waals surface area contributed by atoms with Crippen LogP contribution in [0, 0.1) is 0 Å². The maximum atomic E-state index is 11.4. The molecule has 194 valence electrons. The molecule has 0 bridgehead atoms. The largest absolute Gasteiger partial charge is 0.376 e. The number of benzene rings is 1. The molecule has 0 aliphatic rings. The molecule has 0 aliphatic carbocycles. The fraction of sp³-hybridized carbons (Fsp3) is 0.593. The lowest BCUT2D eigenvalue weighted by molar-refractivity contribution is -0.102. The first-order chi connectivity index (χ1) is 16.9. The Hall–Kier alpha value is -2.71. The fourth-order valence-corrected chi connectivity index (χ4v) is 3.73. The third-order valence-electron chi connectivity index (χ3n) is 6.62. The van der Waals surface area contributed by atoms with Gasteiger partial charge in [-0.1, -0.05) is 26.3 Å². The van der Waals surface area contributed by atoms with E-state index in [0.29, 0.717) is 18.4 Å². The third-order valence-corrected chi connectivity index (χ3v) is 6.62. The molecule has 1 unspecified atom stereocenters.